The van der Waals surface area contributed by atoms with Gasteiger partial charge in [-0.1, -0.05) is 11.2 Å². The molecule has 3 aromatic rings. The number of azide groups is 1. The fraction of sp³-hybridized carbons (Fsp3) is 0.0625. The van der Waals surface area contributed by atoms with Crippen LogP contribution in [0.5, 0.6) is 0 Å². The molecule has 0 radical (unpaired) electrons. The summed E-state index contributed by atoms with van der Waals surface area (Å²) in [6, 6.07) is 12.7. The van der Waals surface area contributed by atoms with Gasteiger partial charge in [-0.3, -0.25) is 0 Å². The SMILES string of the molecule is COC(=O)c1cccc(-n2cccc2-c2ccc[nH]2)c1N=[N+]=[N-]. The van der Waals surface area contributed by atoms with Crippen LogP contribution in [0.25, 0.3) is 27.5 Å². The minimum absolute atomic E-state index is 0.217. The third kappa shape index (κ3) is 2.56. The van der Waals surface area contributed by atoms with Crippen LogP contribution in [0, 0.1) is 0 Å². The van der Waals surface area contributed by atoms with Crippen molar-refractivity contribution in [3.05, 3.63) is 70.9 Å². The molecule has 2 aromatic heterocycles. The van der Waals surface area contributed by atoms with Gasteiger partial charge in [-0.25, -0.2) is 4.79 Å². The van der Waals surface area contributed by atoms with Gasteiger partial charge < -0.3 is 14.3 Å². The highest BCUT2D eigenvalue weighted by molar-refractivity contribution is 5.97. The van der Waals surface area contributed by atoms with Crippen molar-refractivity contribution in [3.63, 3.8) is 0 Å². The molecule has 0 unspecified atom stereocenters. The lowest BCUT2D eigenvalue weighted by atomic mass is 10.1. The van der Waals surface area contributed by atoms with Crippen molar-refractivity contribution in [2.75, 3.05) is 7.11 Å². The Bertz CT molecular complexity index is 889. The molecule has 0 aliphatic heterocycles. The molecule has 0 aliphatic rings. The maximum Gasteiger partial charge on any atom is 0.338 e. The molecule has 1 aromatic carbocycles. The number of carbonyl (C=O) groups is 1. The van der Waals surface area contributed by atoms with Crippen molar-refractivity contribution < 1.29 is 9.53 Å². The smallest absolute Gasteiger partial charge is 0.338 e. The summed E-state index contributed by atoms with van der Waals surface area (Å²) in [6.07, 6.45) is 3.66. The number of carbonyl (C=O) groups excluding carboxylic acids is 1. The zero-order valence-electron chi connectivity index (χ0n) is 12.3. The van der Waals surface area contributed by atoms with E-state index >= 15 is 0 Å². The standard InChI is InChI=1S/C16H13N5O2/c1-23-16(22)11-5-2-7-14(15(11)19-20-17)21-10-4-8-13(21)12-6-3-9-18-12/h2-10,18H,1H3. The quantitative estimate of drug-likeness (QED) is 0.338. The van der Waals surface area contributed by atoms with E-state index in [0.29, 0.717) is 5.69 Å². The van der Waals surface area contributed by atoms with Crippen molar-refractivity contribution in [2.24, 2.45) is 5.11 Å². The molecule has 1 N–H and O–H groups in total. The molecule has 3 rings (SSSR count). The average molecular weight is 307 g/mol. The van der Waals surface area contributed by atoms with Crippen LogP contribution in [0.15, 0.2) is 60.0 Å². The molecule has 0 aliphatic carbocycles. The number of aromatic amines is 1. The maximum absolute atomic E-state index is 11.9. The zero-order valence-corrected chi connectivity index (χ0v) is 12.3. The minimum atomic E-state index is -0.553. The number of hydrogen-bond donors (Lipinski definition) is 1. The van der Waals surface area contributed by atoms with Crippen LogP contribution in [0.4, 0.5) is 5.69 Å². The van der Waals surface area contributed by atoms with Crippen molar-refractivity contribution >= 4 is 11.7 Å². The number of rotatable bonds is 4. The molecule has 0 saturated heterocycles. The molecule has 0 spiro atoms. The van der Waals surface area contributed by atoms with E-state index in [4.69, 9.17) is 10.3 Å². The normalized spacial score (nSPS) is 10.1. The zero-order chi connectivity index (χ0) is 16.2. The Balaban J connectivity index is 2.24. The topological polar surface area (TPSA) is 95.8 Å². The van der Waals surface area contributed by atoms with E-state index in [2.05, 4.69) is 15.0 Å². The fourth-order valence-corrected chi connectivity index (χ4v) is 2.45. The second kappa shape index (κ2) is 6.13. The minimum Gasteiger partial charge on any atom is -0.465 e. The number of benzene rings is 1. The number of aromatic nitrogens is 2. The van der Waals surface area contributed by atoms with Gasteiger partial charge in [-0.05, 0) is 41.9 Å². The number of esters is 1. The highest BCUT2D eigenvalue weighted by Crippen LogP contribution is 2.32. The summed E-state index contributed by atoms with van der Waals surface area (Å²) in [5.74, 6) is -0.553. The van der Waals surface area contributed by atoms with E-state index in [1.165, 1.54) is 7.11 Å². The monoisotopic (exact) mass is 307 g/mol. The predicted octanol–water partition coefficient (Wildman–Crippen LogP) is 4.20. The molecule has 0 saturated carbocycles. The van der Waals surface area contributed by atoms with Crippen LogP contribution in [0.2, 0.25) is 0 Å². The van der Waals surface area contributed by atoms with Gasteiger partial charge >= 0.3 is 5.97 Å². The maximum atomic E-state index is 11.9. The number of H-pyrrole nitrogens is 1. The predicted molar refractivity (Wildman–Crippen MR) is 85.7 cm³/mol. The summed E-state index contributed by atoms with van der Waals surface area (Å²) >= 11 is 0. The molecule has 23 heavy (non-hydrogen) atoms. The summed E-state index contributed by atoms with van der Waals surface area (Å²) in [5, 5.41) is 3.70. The third-order valence-electron chi connectivity index (χ3n) is 3.45. The van der Waals surface area contributed by atoms with E-state index in [-0.39, 0.29) is 11.3 Å². The summed E-state index contributed by atoms with van der Waals surface area (Å²) in [7, 11) is 1.29. The van der Waals surface area contributed by atoms with Crippen molar-refractivity contribution in [1.29, 1.82) is 0 Å². The Labute approximate surface area is 131 Å². The van der Waals surface area contributed by atoms with E-state index < -0.39 is 5.97 Å². The number of hydrogen-bond acceptors (Lipinski definition) is 3. The highest BCUT2D eigenvalue weighted by atomic mass is 16.5. The first-order chi connectivity index (χ1) is 11.3. The fourth-order valence-electron chi connectivity index (χ4n) is 2.45. The second-order valence-corrected chi connectivity index (χ2v) is 4.70. The molecular weight excluding hydrogens is 294 g/mol. The Morgan fingerprint density at radius 1 is 1.26 bits per heavy atom. The number of methoxy groups -OCH3 is 1. The van der Waals surface area contributed by atoms with Gasteiger partial charge in [-0.15, -0.1) is 0 Å². The van der Waals surface area contributed by atoms with Crippen LogP contribution in [-0.4, -0.2) is 22.6 Å². The molecule has 2 heterocycles. The third-order valence-corrected chi connectivity index (χ3v) is 3.45. The van der Waals surface area contributed by atoms with Crippen LogP contribution in [0.3, 0.4) is 0 Å². The van der Waals surface area contributed by atoms with Gasteiger partial charge in [0.25, 0.3) is 0 Å². The number of nitrogens with zero attached hydrogens (tertiary/aromatic N) is 4. The first-order valence-electron chi connectivity index (χ1n) is 6.84. The summed E-state index contributed by atoms with van der Waals surface area (Å²) in [5.41, 5.74) is 11.7. The molecule has 0 atom stereocenters. The molecule has 0 bridgehead atoms. The highest BCUT2D eigenvalue weighted by Gasteiger charge is 2.17. The largest absolute Gasteiger partial charge is 0.465 e. The Morgan fingerprint density at radius 2 is 2.13 bits per heavy atom. The lowest BCUT2D eigenvalue weighted by Gasteiger charge is -2.13. The van der Waals surface area contributed by atoms with E-state index in [1.807, 2.05) is 41.2 Å². The summed E-state index contributed by atoms with van der Waals surface area (Å²) < 4.78 is 6.61. The average Bonchev–Trinajstić information content (AvgIpc) is 3.25. The first kappa shape index (κ1) is 14.5. The van der Waals surface area contributed by atoms with Gasteiger partial charge in [0.15, 0.2) is 0 Å². The van der Waals surface area contributed by atoms with E-state index in [9.17, 15) is 4.79 Å². The van der Waals surface area contributed by atoms with Crippen LogP contribution in [0.1, 0.15) is 10.4 Å². The van der Waals surface area contributed by atoms with Crippen molar-refractivity contribution in [1.82, 2.24) is 9.55 Å². The molecular formula is C16H13N5O2. The van der Waals surface area contributed by atoms with E-state index in [1.54, 1.807) is 18.2 Å². The molecule has 7 nitrogen and oxygen atoms in total. The first-order valence-corrected chi connectivity index (χ1v) is 6.84. The Morgan fingerprint density at radius 3 is 2.83 bits per heavy atom. The second-order valence-electron chi connectivity index (χ2n) is 4.70. The molecule has 7 heteroatoms. The molecule has 0 fully saturated rings. The lowest BCUT2D eigenvalue weighted by molar-refractivity contribution is 0.0601. The van der Waals surface area contributed by atoms with Gasteiger partial charge in [0.05, 0.1) is 35.4 Å². The Kier molecular flexibility index (Phi) is 3.86. The molecule has 114 valence electrons. The van der Waals surface area contributed by atoms with Gasteiger partial charge in [0.2, 0.25) is 0 Å². The Hall–Kier alpha value is -3.44. The molecule has 0 amide bonds. The lowest BCUT2D eigenvalue weighted by Crippen LogP contribution is -2.04. The van der Waals surface area contributed by atoms with Crippen LogP contribution >= 0.6 is 0 Å². The van der Waals surface area contributed by atoms with Gasteiger partial charge in [0, 0.05) is 17.3 Å². The number of ether oxygens (including phenoxy) is 1. The van der Waals surface area contributed by atoms with Crippen LogP contribution in [-0.2, 0) is 4.74 Å². The van der Waals surface area contributed by atoms with Crippen LogP contribution < -0.4 is 0 Å². The van der Waals surface area contributed by atoms with Crippen molar-refractivity contribution in [2.45, 2.75) is 0 Å². The van der Waals surface area contributed by atoms with Crippen molar-refractivity contribution in [3.8, 4) is 17.1 Å². The van der Waals surface area contributed by atoms with E-state index in [0.717, 1.165) is 11.4 Å². The summed E-state index contributed by atoms with van der Waals surface area (Å²) in [4.78, 5) is 17.9. The van der Waals surface area contributed by atoms with Gasteiger partial charge in [0.1, 0.15) is 0 Å². The van der Waals surface area contributed by atoms with Gasteiger partial charge in [-0.2, -0.15) is 0 Å². The number of nitrogens with one attached hydrogen (secondary N) is 1. The summed E-state index contributed by atoms with van der Waals surface area (Å²) in [6.45, 7) is 0.